The van der Waals surface area contributed by atoms with Gasteiger partial charge in [0.15, 0.2) is 0 Å². The first-order valence-corrected chi connectivity index (χ1v) is 17.2. The topological polar surface area (TPSA) is 54.4 Å². The smallest absolute Gasteiger partial charge is 0.279 e. The van der Waals surface area contributed by atoms with E-state index in [2.05, 4.69) is 36.9 Å². The standard InChI is InChI=1S/C28H59P.CHF3O3S/c1-5-9-13-14-15-16-17-18-19-20-21-22-24-27(23-10-6-2)28(29,25-11-7-3)26-12-8-4;2-1(3,4)8(5,6)7/h27H,5-26,29H2,1-4H3;(H,5,6,7). The number of rotatable bonds is 23. The second-order valence-corrected chi connectivity index (χ2v) is 13.4. The molecule has 0 aliphatic rings. The zero-order chi connectivity index (χ0) is 28.6. The lowest BCUT2D eigenvalue weighted by Gasteiger charge is -2.39. The summed E-state index contributed by atoms with van der Waals surface area (Å²) >= 11 is 0. The van der Waals surface area contributed by atoms with E-state index in [0.29, 0.717) is 5.16 Å². The highest BCUT2D eigenvalue weighted by atomic mass is 32.2. The van der Waals surface area contributed by atoms with E-state index in [1.807, 2.05) is 0 Å². The van der Waals surface area contributed by atoms with Crippen molar-refractivity contribution in [2.24, 2.45) is 5.92 Å². The third-order valence-corrected chi connectivity index (χ3v) is 9.04. The van der Waals surface area contributed by atoms with Crippen molar-refractivity contribution in [3.8, 4) is 0 Å². The first-order chi connectivity index (χ1) is 17.4. The molecule has 0 radical (unpaired) electrons. The van der Waals surface area contributed by atoms with Gasteiger partial charge in [-0.15, -0.1) is 9.24 Å². The predicted molar refractivity (Wildman–Crippen MR) is 158 cm³/mol. The molecular weight excluding hydrogens is 516 g/mol. The van der Waals surface area contributed by atoms with Crippen LogP contribution in [0.1, 0.15) is 169 Å². The lowest BCUT2D eigenvalue weighted by Crippen LogP contribution is -2.32. The number of unbranched alkanes of at least 4 members (excludes halogenated alkanes) is 14. The average molecular weight is 577 g/mol. The number of hydrogen-bond donors (Lipinski definition) is 1. The van der Waals surface area contributed by atoms with Crippen LogP contribution in [0.5, 0.6) is 0 Å². The molecule has 226 valence electrons. The van der Waals surface area contributed by atoms with Gasteiger partial charge in [-0.05, 0) is 36.8 Å². The third-order valence-electron chi connectivity index (χ3n) is 7.41. The Hall–Kier alpha value is 0.130. The van der Waals surface area contributed by atoms with Crippen LogP contribution in [0, 0.1) is 5.92 Å². The summed E-state index contributed by atoms with van der Waals surface area (Å²) in [5.41, 5.74) is -5.53. The van der Waals surface area contributed by atoms with E-state index in [0.717, 1.165) is 5.92 Å². The van der Waals surface area contributed by atoms with Gasteiger partial charge >= 0.3 is 15.6 Å². The number of halogens is 3. The van der Waals surface area contributed by atoms with Gasteiger partial charge in [-0.1, -0.05) is 143 Å². The molecule has 0 aromatic rings. The van der Waals surface area contributed by atoms with Gasteiger partial charge in [-0.25, -0.2) is 0 Å². The van der Waals surface area contributed by atoms with Crippen LogP contribution in [0.4, 0.5) is 13.2 Å². The highest BCUT2D eigenvalue weighted by molar-refractivity contribution is 7.86. The van der Waals surface area contributed by atoms with E-state index in [1.165, 1.54) is 141 Å². The number of hydrogen-bond acceptors (Lipinski definition) is 2. The predicted octanol–water partition coefficient (Wildman–Crippen LogP) is 11.3. The van der Waals surface area contributed by atoms with Gasteiger partial charge in [0.05, 0.1) is 0 Å². The number of alkyl halides is 3. The van der Waals surface area contributed by atoms with Gasteiger partial charge in [0.2, 0.25) is 0 Å². The summed E-state index contributed by atoms with van der Waals surface area (Å²) in [5, 5.41) is 0.527. The highest BCUT2D eigenvalue weighted by Gasteiger charge is 2.44. The minimum atomic E-state index is -5.84. The molecule has 1 N–H and O–H groups in total. The molecule has 0 aliphatic heterocycles. The highest BCUT2D eigenvalue weighted by Crippen LogP contribution is 2.43. The van der Waals surface area contributed by atoms with Gasteiger partial charge in [-0.2, -0.15) is 21.6 Å². The summed E-state index contributed by atoms with van der Waals surface area (Å²) in [6, 6.07) is 0. The Labute approximate surface area is 230 Å². The van der Waals surface area contributed by atoms with E-state index < -0.39 is 15.6 Å². The molecule has 3 nitrogen and oxygen atoms in total. The molecule has 0 spiro atoms. The maximum Gasteiger partial charge on any atom is 0.522 e. The lowest BCUT2D eigenvalue weighted by molar-refractivity contribution is -0.0510. The fraction of sp³-hybridized carbons (Fsp3) is 1.00. The summed E-state index contributed by atoms with van der Waals surface area (Å²) in [4.78, 5) is 0. The van der Waals surface area contributed by atoms with Gasteiger partial charge in [0, 0.05) is 0 Å². The molecule has 0 aromatic heterocycles. The second kappa shape index (κ2) is 24.0. The molecule has 2 unspecified atom stereocenters. The summed E-state index contributed by atoms with van der Waals surface area (Å²) < 4.78 is 57.5. The Morgan fingerprint density at radius 3 is 1.22 bits per heavy atom. The molecule has 2 atom stereocenters. The first-order valence-electron chi connectivity index (χ1n) is 15.2. The van der Waals surface area contributed by atoms with Crippen LogP contribution >= 0.6 is 9.24 Å². The molecule has 0 aliphatic carbocycles. The molecule has 37 heavy (non-hydrogen) atoms. The monoisotopic (exact) mass is 576 g/mol. The Morgan fingerprint density at radius 1 is 0.595 bits per heavy atom. The largest absolute Gasteiger partial charge is 0.522 e. The Kier molecular flexibility index (Phi) is 25.4. The fourth-order valence-corrected chi connectivity index (χ4v) is 5.69. The Balaban J connectivity index is 0. The summed E-state index contributed by atoms with van der Waals surface area (Å²) in [5.74, 6) is 0.939. The van der Waals surface area contributed by atoms with Crippen LogP contribution in [0.2, 0.25) is 0 Å². The van der Waals surface area contributed by atoms with E-state index >= 15 is 0 Å². The van der Waals surface area contributed by atoms with Crippen LogP contribution in [-0.4, -0.2) is 23.6 Å². The molecule has 0 aromatic carbocycles. The molecule has 0 amide bonds. The van der Waals surface area contributed by atoms with Crippen LogP contribution < -0.4 is 0 Å². The fourth-order valence-electron chi connectivity index (χ4n) is 4.95. The van der Waals surface area contributed by atoms with Crippen molar-refractivity contribution in [1.82, 2.24) is 0 Å². The molecule has 0 rings (SSSR count). The van der Waals surface area contributed by atoms with Gasteiger partial charge in [-0.3, -0.25) is 4.55 Å². The maximum atomic E-state index is 10.7. The van der Waals surface area contributed by atoms with Crippen molar-refractivity contribution in [3.05, 3.63) is 0 Å². The van der Waals surface area contributed by atoms with Gasteiger partial charge < -0.3 is 0 Å². The van der Waals surface area contributed by atoms with Crippen molar-refractivity contribution in [2.45, 2.75) is 180 Å². The van der Waals surface area contributed by atoms with E-state index in [9.17, 15) is 13.2 Å². The molecule has 0 saturated carbocycles. The van der Waals surface area contributed by atoms with Crippen LogP contribution in [0.3, 0.4) is 0 Å². The minimum absolute atomic E-state index is 0.527. The zero-order valence-corrected chi connectivity index (χ0v) is 26.5. The lowest BCUT2D eigenvalue weighted by atomic mass is 9.77. The minimum Gasteiger partial charge on any atom is -0.279 e. The quantitative estimate of drug-likeness (QED) is 0.0569. The van der Waals surface area contributed by atoms with Crippen LogP contribution in [-0.2, 0) is 10.1 Å². The first kappa shape index (κ1) is 39.3. The van der Waals surface area contributed by atoms with Crippen LogP contribution in [0.15, 0.2) is 0 Å². The average Bonchev–Trinajstić information content (AvgIpc) is 2.83. The molecule has 0 saturated heterocycles. The van der Waals surface area contributed by atoms with E-state index in [-0.39, 0.29) is 0 Å². The van der Waals surface area contributed by atoms with Crippen molar-refractivity contribution >= 4 is 19.4 Å². The maximum absolute atomic E-state index is 10.7. The molecule has 0 bridgehead atoms. The van der Waals surface area contributed by atoms with E-state index in [4.69, 9.17) is 13.0 Å². The molecule has 8 heteroatoms. The summed E-state index contributed by atoms with van der Waals surface area (Å²) in [7, 11) is -2.45. The van der Waals surface area contributed by atoms with E-state index in [1.54, 1.807) is 0 Å². The zero-order valence-electron chi connectivity index (χ0n) is 24.5. The van der Waals surface area contributed by atoms with Gasteiger partial charge in [0.25, 0.3) is 0 Å². The van der Waals surface area contributed by atoms with Gasteiger partial charge in [0.1, 0.15) is 0 Å². The summed E-state index contributed by atoms with van der Waals surface area (Å²) in [6.45, 7) is 9.39. The summed E-state index contributed by atoms with van der Waals surface area (Å²) in [6.07, 6.45) is 31.7. The normalized spacial score (nSPS) is 13.3. The van der Waals surface area contributed by atoms with Crippen molar-refractivity contribution < 1.29 is 26.1 Å². The van der Waals surface area contributed by atoms with Crippen molar-refractivity contribution in [2.75, 3.05) is 0 Å². The second-order valence-electron chi connectivity index (χ2n) is 10.9. The van der Waals surface area contributed by atoms with Crippen molar-refractivity contribution in [3.63, 3.8) is 0 Å². The molecule has 0 fully saturated rings. The SMILES string of the molecule is CCCCCCCCCCCCCCC(CCCC)C(P)(CCCC)CCCC.O=S(=O)(O)C(F)(F)F. The molecule has 0 heterocycles. The van der Waals surface area contributed by atoms with Crippen molar-refractivity contribution in [1.29, 1.82) is 0 Å². The Morgan fingerprint density at radius 2 is 0.892 bits per heavy atom. The molecular formula is C29H60F3O3PS. The Bertz CT molecular complexity index is 590. The third kappa shape index (κ3) is 22.6. The van der Waals surface area contributed by atoms with Crippen LogP contribution in [0.25, 0.3) is 0 Å².